The van der Waals surface area contributed by atoms with Gasteiger partial charge in [-0.25, -0.2) is 4.98 Å². The minimum absolute atomic E-state index is 0.173. The summed E-state index contributed by atoms with van der Waals surface area (Å²) in [7, 11) is 1.86. The van der Waals surface area contributed by atoms with Gasteiger partial charge in [-0.1, -0.05) is 19.3 Å². The first-order valence-corrected chi connectivity index (χ1v) is 8.32. The van der Waals surface area contributed by atoms with Crippen LogP contribution in [0.3, 0.4) is 0 Å². The van der Waals surface area contributed by atoms with E-state index < -0.39 is 0 Å². The van der Waals surface area contributed by atoms with Crippen LogP contribution in [-0.4, -0.2) is 31.7 Å². The van der Waals surface area contributed by atoms with E-state index in [2.05, 4.69) is 30.6 Å². The molecular formula is C16H23N7O. The Bertz CT molecular complexity index is 753. The van der Waals surface area contributed by atoms with Crippen molar-refractivity contribution in [2.24, 2.45) is 17.3 Å². The molecule has 8 nitrogen and oxygen atoms in total. The summed E-state index contributed by atoms with van der Waals surface area (Å²) < 4.78 is 1.75. The highest BCUT2D eigenvalue weighted by Gasteiger charge is 2.20. The Labute approximate surface area is 140 Å². The second kappa shape index (κ2) is 6.94. The molecule has 0 aliphatic heterocycles. The number of azo groups is 1. The summed E-state index contributed by atoms with van der Waals surface area (Å²) in [5.74, 6) is 0.124. The molecule has 24 heavy (non-hydrogen) atoms. The lowest BCUT2D eigenvalue weighted by Crippen LogP contribution is -2.36. The standard InChI is InChI=1S/C16H23N7O/c1-10-13(11(2)23(3)22-10)20-21-15-14(17-9-18-15)16(24)19-12-7-5-4-6-8-12/h9,12H,4-8H2,1-3H3,(H,17,18)(H,19,24). The van der Waals surface area contributed by atoms with Crippen LogP contribution in [0.15, 0.2) is 16.6 Å². The monoisotopic (exact) mass is 329 g/mol. The number of carbonyl (C=O) groups is 1. The number of nitrogens with zero attached hydrogens (tertiary/aromatic N) is 5. The molecule has 0 aromatic carbocycles. The summed E-state index contributed by atoms with van der Waals surface area (Å²) in [6, 6.07) is 0.238. The van der Waals surface area contributed by atoms with Crippen LogP contribution in [0.25, 0.3) is 0 Å². The van der Waals surface area contributed by atoms with Crippen LogP contribution >= 0.6 is 0 Å². The van der Waals surface area contributed by atoms with Crippen LogP contribution in [0.4, 0.5) is 11.5 Å². The third kappa shape index (κ3) is 3.37. The molecular weight excluding hydrogens is 306 g/mol. The number of carbonyl (C=O) groups excluding carboxylic acids is 1. The minimum atomic E-state index is -0.173. The first kappa shape index (κ1) is 16.4. The van der Waals surface area contributed by atoms with Gasteiger partial charge in [0.2, 0.25) is 5.82 Å². The van der Waals surface area contributed by atoms with E-state index in [4.69, 9.17) is 0 Å². The highest BCUT2D eigenvalue weighted by atomic mass is 16.2. The Morgan fingerprint density at radius 2 is 2.04 bits per heavy atom. The summed E-state index contributed by atoms with van der Waals surface area (Å²) in [6.45, 7) is 3.80. The van der Waals surface area contributed by atoms with Crippen molar-refractivity contribution in [2.75, 3.05) is 0 Å². The van der Waals surface area contributed by atoms with E-state index in [0.717, 1.165) is 24.2 Å². The smallest absolute Gasteiger partial charge is 0.271 e. The average Bonchev–Trinajstić information content (AvgIpc) is 3.12. The topological polar surface area (TPSA) is 100 Å². The number of aromatic nitrogens is 4. The Balaban J connectivity index is 1.75. The highest BCUT2D eigenvalue weighted by Crippen LogP contribution is 2.25. The number of imidazole rings is 1. The van der Waals surface area contributed by atoms with E-state index in [0.29, 0.717) is 17.2 Å². The molecule has 1 aliphatic rings. The molecule has 0 saturated heterocycles. The summed E-state index contributed by atoms with van der Waals surface area (Å²) >= 11 is 0. The summed E-state index contributed by atoms with van der Waals surface area (Å²) in [5.41, 5.74) is 2.77. The largest absolute Gasteiger partial charge is 0.348 e. The molecule has 0 spiro atoms. The van der Waals surface area contributed by atoms with E-state index in [1.807, 2.05) is 20.9 Å². The van der Waals surface area contributed by atoms with E-state index in [1.54, 1.807) is 4.68 Å². The van der Waals surface area contributed by atoms with Gasteiger partial charge >= 0.3 is 0 Å². The van der Waals surface area contributed by atoms with Gasteiger partial charge in [-0.05, 0) is 26.7 Å². The highest BCUT2D eigenvalue weighted by molar-refractivity contribution is 5.96. The number of amides is 1. The van der Waals surface area contributed by atoms with Gasteiger partial charge in [0.25, 0.3) is 5.91 Å². The Hall–Kier alpha value is -2.51. The van der Waals surface area contributed by atoms with Crippen LogP contribution in [0, 0.1) is 13.8 Å². The van der Waals surface area contributed by atoms with Crippen molar-refractivity contribution in [3.8, 4) is 0 Å². The zero-order valence-corrected chi connectivity index (χ0v) is 14.3. The van der Waals surface area contributed by atoms with Crippen LogP contribution in [0.2, 0.25) is 0 Å². The first-order valence-electron chi connectivity index (χ1n) is 8.32. The molecule has 0 radical (unpaired) electrons. The fraction of sp³-hybridized carbons (Fsp3) is 0.562. The van der Waals surface area contributed by atoms with Gasteiger partial charge in [0, 0.05) is 13.1 Å². The van der Waals surface area contributed by atoms with Crippen molar-refractivity contribution in [3.05, 3.63) is 23.4 Å². The normalized spacial score (nSPS) is 16.0. The second-order valence-corrected chi connectivity index (χ2v) is 6.25. The van der Waals surface area contributed by atoms with Gasteiger partial charge in [0.15, 0.2) is 5.69 Å². The van der Waals surface area contributed by atoms with Crippen LogP contribution < -0.4 is 5.32 Å². The Morgan fingerprint density at radius 3 is 2.71 bits per heavy atom. The Kier molecular flexibility index (Phi) is 4.73. The zero-order chi connectivity index (χ0) is 17.1. The lowest BCUT2D eigenvalue weighted by Gasteiger charge is -2.22. The van der Waals surface area contributed by atoms with Crippen LogP contribution in [0.5, 0.6) is 0 Å². The molecule has 128 valence electrons. The van der Waals surface area contributed by atoms with Gasteiger partial charge in [-0.3, -0.25) is 9.48 Å². The number of aromatic amines is 1. The maximum absolute atomic E-state index is 12.4. The van der Waals surface area contributed by atoms with Gasteiger partial charge in [0.1, 0.15) is 5.69 Å². The van der Waals surface area contributed by atoms with Gasteiger partial charge in [-0.2, -0.15) is 5.10 Å². The van der Waals surface area contributed by atoms with E-state index in [-0.39, 0.29) is 11.9 Å². The minimum Gasteiger partial charge on any atom is -0.348 e. The van der Waals surface area contributed by atoms with Crippen molar-refractivity contribution in [1.82, 2.24) is 25.1 Å². The molecule has 1 fully saturated rings. The molecule has 0 bridgehead atoms. The molecule has 3 rings (SSSR count). The molecule has 0 unspecified atom stereocenters. The average molecular weight is 329 g/mol. The maximum atomic E-state index is 12.4. The molecule has 8 heteroatoms. The lowest BCUT2D eigenvalue weighted by atomic mass is 9.95. The summed E-state index contributed by atoms with van der Waals surface area (Å²) in [5, 5.41) is 15.8. The predicted molar refractivity (Wildman–Crippen MR) is 89.8 cm³/mol. The second-order valence-electron chi connectivity index (χ2n) is 6.25. The number of aryl methyl sites for hydroxylation is 2. The maximum Gasteiger partial charge on any atom is 0.271 e. The van der Waals surface area contributed by atoms with Crippen molar-refractivity contribution in [2.45, 2.75) is 52.0 Å². The Morgan fingerprint density at radius 1 is 1.29 bits per heavy atom. The lowest BCUT2D eigenvalue weighted by molar-refractivity contribution is 0.0924. The van der Waals surface area contributed by atoms with Crippen LogP contribution in [-0.2, 0) is 7.05 Å². The van der Waals surface area contributed by atoms with Gasteiger partial charge < -0.3 is 10.3 Å². The molecule has 1 amide bonds. The number of rotatable bonds is 4. The zero-order valence-electron chi connectivity index (χ0n) is 14.3. The number of H-pyrrole nitrogens is 1. The fourth-order valence-electron chi connectivity index (χ4n) is 3.04. The quantitative estimate of drug-likeness (QED) is 0.842. The molecule has 1 saturated carbocycles. The molecule has 2 N–H and O–H groups in total. The number of nitrogens with one attached hydrogen (secondary N) is 2. The van der Waals surface area contributed by atoms with E-state index in [9.17, 15) is 4.79 Å². The van der Waals surface area contributed by atoms with Crippen LogP contribution in [0.1, 0.15) is 54.0 Å². The third-order valence-corrected chi connectivity index (χ3v) is 4.50. The van der Waals surface area contributed by atoms with Gasteiger partial charge in [0.05, 0.1) is 17.7 Å². The van der Waals surface area contributed by atoms with E-state index >= 15 is 0 Å². The molecule has 0 atom stereocenters. The third-order valence-electron chi connectivity index (χ3n) is 4.50. The fourth-order valence-corrected chi connectivity index (χ4v) is 3.04. The van der Waals surface area contributed by atoms with Gasteiger partial charge in [-0.15, -0.1) is 10.2 Å². The van der Waals surface area contributed by atoms with Crippen molar-refractivity contribution >= 4 is 17.4 Å². The summed E-state index contributed by atoms with van der Waals surface area (Å²) in [6.07, 6.45) is 7.11. The number of hydrogen-bond donors (Lipinski definition) is 2. The molecule has 2 aromatic rings. The van der Waals surface area contributed by atoms with Crippen molar-refractivity contribution in [3.63, 3.8) is 0 Å². The number of hydrogen-bond acceptors (Lipinski definition) is 5. The first-order chi connectivity index (χ1) is 11.6. The molecule has 2 heterocycles. The molecule has 2 aromatic heterocycles. The SMILES string of the molecule is Cc1nn(C)c(C)c1N=Nc1nc[nH]c1C(=O)NC1CCCCC1. The molecule has 1 aliphatic carbocycles. The van der Waals surface area contributed by atoms with Crippen molar-refractivity contribution in [1.29, 1.82) is 0 Å². The van der Waals surface area contributed by atoms with Crippen molar-refractivity contribution < 1.29 is 4.79 Å². The van der Waals surface area contributed by atoms with E-state index in [1.165, 1.54) is 25.6 Å². The predicted octanol–water partition coefficient (Wildman–Crippen LogP) is 3.24. The summed E-state index contributed by atoms with van der Waals surface area (Å²) in [4.78, 5) is 19.4.